The van der Waals surface area contributed by atoms with Gasteiger partial charge in [0, 0.05) is 68.4 Å². The molecule has 5 aromatic carbocycles. The normalized spacial score (nSPS) is 16.5. The van der Waals surface area contributed by atoms with E-state index in [0.29, 0.717) is 0 Å². The molecule has 1 unspecified atom stereocenters. The molecule has 48 heavy (non-hydrogen) atoms. The molecule has 3 aliphatic heterocycles. The first-order chi connectivity index (χ1) is 23.7. The minimum absolute atomic E-state index is 0.106. The van der Waals surface area contributed by atoms with E-state index in [1.807, 2.05) is 18.5 Å². The van der Waals surface area contributed by atoms with Crippen LogP contribution in [-0.2, 0) is 0 Å². The Hall–Kier alpha value is -6.40. The van der Waals surface area contributed by atoms with Crippen LogP contribution in [0.15, 0.2) is 131 Å². The zero-order valence-corrected chi connectivity index (χ0v) is 26.2. The second-order valence-electron chi connectivity index (χ2n) is 12.4. The number of aromatic nitrogens is 2. The fourth-order valence-corrected chi connectivity index (χ4v) is 7.82. The first kappa shape index (κ1) is 26.8. The standard InChI is InChI=1S/C42H30N6/c1-2-31-32-13-6-7-14-37(32)46(40(31)24-43)30-16-18-39-35(23-30)33-19-20-44-41(33)48(39)29-12-8-9-26(21-29)27-15-17-38-34(22-27)36-25-45-42(36)47(38)28-10-4-3-5-11-28/h2-25,41H,43H2,1H3/b31-2-,40-24+. The molecule has 7 aromatic rings. The lowest BCUT2D eigenvalue weighted by Gasteiger charge is -2.25. The van der Waals surface area contributed by atoms with Crippen molar-refractivity contribution in [3.63, 3.8) is 0 Å². The number of nitrogens with zero attached hydrogens (tertiary/aromatic N) is 5. The minimum Gasteiger partial charge on any atom is -0.403 e. The molecule has 6 nitrogen and oxygen atoms in total. The van der Waals surface area contributed by atoms with E-state index >= 15 is 0 Å². The molecule has 0 bridgehead atoms. The minimum atomic E-state index is -0.106. The van der Waals surface area contributed by atoms with Crippen LogP contribution in [0.25, 0.3) is 62.2 Å². The summed E-state index contributed by atoms with van der Waals surface area (Å²) in [4.78, 5) is 11.9. The Labute approximate surface area is 277 Å². The predicted octanol–water partition coefficient (Wildman–Crippen LogP) is 7.75. The van der Waals surface area contributed by atoms with E-state index in [-0.39, 0.29) is 6.17 Å². The van der Waals surface area contributed by atoms with Gasteiger partial charge in [0.25, 0.3) is 0 Å². The van der Waals surface area contributed by atoms with Crippen LogP contribution in [0.4, 0.5) is 17.2 Å². The predicted molar refractivity (Wildman–Crippen MR) is 200 cm³/mol. The zero-order chi connectivity index (χ0) is 31.9. The second kappa shape index (κ2) is 10.0. The van der Waals surface area contributed by atoms with Gasteiger partial charge >= 0.3 is 0 Å². The number of hydrogen-bond donors (Lipinski definition) is 1. The van der Waals surface area contributed by atoms with E-state index in [0.717, 1.165) is 55.7 Å². The lowest BCUT2D eigenvalue weighted by atomic mass is 10.0. The van der Waals surface area contributed by atoms with Crippen molar-refractivity contribution >= 4 is 69.3 Å². The van der Waals surface area contributed by atoms with E-state index in [4.69, 9.17) is 10.7 Å². The molecule has 0 radical (unpaired) electrons. The number of aliphatic imine (C=N–C) groups is 2. The molecule has 5 heterocycles. The summed E-state index contributed by atoms with van der Waals surface area (Å²) in [6.45, 7) is 2.07. The highest BCUT2D eigenvalue weighted by atomic mass is 15.3. The lowest BCUT2D eigenvalue weighted by molar-refractivity contribution is 0.889. The Bertz CT molecular complexity index is 2700. The van der Waals surface area contributed by atoms with Crippen LogP contribution in [0.1, 0.15) is 18.1 Å². The van der Waals surface area contributed by atoms with Crippen molar-refractivity contribution in [3.05, 3.63) is 143 Å². The maximum Gasteiger partial charge on any atom is 0.152 e. The highest BCUT2D eigenvalue weighted by Gasteiger charge is 2.36. The third kappa shape index (κ3) is 3.62. The molecule has 228 valence electrons. The van der Waals surface area contributed by atoms with Crippen molar-refractivity contribution < 1.29 is 0 Å². The maximum absolute atomic E-state index is 6.25. The quantitative estimate of drug-likeness (QED) is 0.219. The largest absolute Gasteiger partial charge is 0.403 e. The van der Waals surface area contributed by atoms with E-state index < -0.39 is 0 Å². The summed E-state index contributed by atoms with van der Waals surface area (Å²) in [5.41, 5.74) is 18.9. The second-order valence-corrected chi connectivity index (χ2v) is 12.4. The van der Waals surface area contributed by atoms with Crippen LogP contribution < -0.4 is 21.2 Å². The number of benzene rings is 5. The molecule has 3 aliphatic rings. The molecule has 1 atom stereocenters. The van der Waals surface area contributed by atoms with Crippen LogP contribution >= 0.6 is 0 Å². The third-order valence-corrected chi connectivity index (χ3v) is 9.98. The summed E-state index contributed by atoms with van der Waals surface area (Å²) in [5, 5.41) is 4.54. The molecule has 2 aromatic heterocycles. The SMILES string of the molecule is C/C=c1\c(=C/N)n(-c2ccc3c(c2)C2=CC=NC2N3c2cccc(-c3ccc4c(c3)c3c(n4-c4ccccc4)N=C3)c2)c2ccccc12. The number of para-hydroxylation sites is 2. The molecule has 0 amide bonds. The van der Waals surface area contributed by atoms with Crippen LogP contribution in [0, 0.1) is 0 Å². The van der Waals surface area contributed by atoms with Gasteiger partial charge in [0.15, 0.2) is 6.17 Å². The Balaban J connectivity index is 1.08. The van der Waals surface area contributed by atoms with Crippen molar-refractivity contribution in [1.82, 2.24) is 9.13 Å². The van der Waals surface area contributed by atoms with Crippen molar-refractivity contribution in [2.24, 2.45) is 15.7 Å². The van der Waals surface area contributed by atoms with Crippen LogP contribution in [0.2, 0.25) is 0 Å². The van der Waals surface area contributed by atoms with Gasteiger partial charge in [-0.3, -0.25) is 9.56 Å². The molecule has 0 spiro atoms. The van der Waals surface area contributed by atoms with E-state index in [1.165, 1.54) is 33.0 Å². The number of rotatable bonds is 4. The van der Waals surface area contributed by atoms with Gasteiger partial charge < -0.3 is 15.2 Å². The molecule has 0 saturated carbocycles. The van der Waals surface area contributed by atoms with Crippen LogP contribution in [0.3, 0.4) is 0 Å². The maximum atomic E-state index is 6.25. The third-order valence-electron chi connectivity index (χ3n) is 9.98. The van der Waals surface area contributed by atoms with Crippen LogP contribution in [-0.4, -0.2) is 27.7 Å². The highest BCUT2D eigenvalue weighted by Crippen LogP contribution is 2.48. The van der Waals surface area contributed by atoms with Gasteiger partial charge in [-0.1, -0.05) is 60.7 Å². The van der Waals surface area contributed by atoms with E-state index in [2.05, 4.69) is 147 Å². The summed E-state index contributed by atoms with van der Waals surface area (Å²) in [6.07, 6.45) is 9.81. The summed E-state index contributed by atoms with van der Waals surface area (Å²) >= 11 is 0. The molecule has 2 N–H and O–H groups in total. The smallest absolute Gasteiger partial charge is 0.152 e. The van der Waals surface area contributed by atoms with Gasteiger partial charge in [-0.05, 0) is 84.8 Å². The summed E-state index contributed by atoms with van der Waals surface area (Å²) in [6, 6.07) is 41.2. The van der Waals surface area contributed by atoms with Gasteiger partial charge in [0.2, 0.25) is 0 Å². The van der Waals surface area contributed by atoms with E-state index in [9.17, 15) is 0 Å². The van der Waals surface area contributed by atoms with Crippen molar-refractivity contribution in [1.29, 1.82) is 0 Å². The first-order valence-electron chi connectivity index (χ1n) is 16.3. The number of nitrogens with two attached hydrogens (primary N) is 1. The number of allylic oxidation sites excluding steroid dienone is 1. The molecule has 0 aliphatic carbocycles. The molecule has 0 fully saturated rings. The molecular formula is C42H30N6. The lowest BCUT2D eigenvalue weighted by Crippen LogP contribution is -2.29. The number of anilines is 2. The average Bonchev–Trinajstić information content (AvgIpc) is 3.85. The van der Waals surface area contributed by atoms with Gasteiger partial charge in [0.05, 0.1) is 22.1 Å². The van der Waals surface area contributed by atoms with Crippen molar-refractivity contribution in [3.8, 4) is 22.5 Å². The van der Waals surface area contributed by atoms with Gasteiger partial charge in [-0.15, -0.1) is 0 Å². The topological polar surface area (TPSA) is 63.8 Å². The zero-order valence-electron chi connectivity index (χ0n) is 26.2. The summed E-state index contributed by atoms with van der Waals surface area (Å²) in [5.74, 6) is 1.02. The number of hydrogen-bond acceptors (Lipinski definition) is 4. The average molecular weight is 619 g/mol. The fourth-order valence-electron chi connectivity index (χ4n) is 7.82. The molecule has 0 saturated heterocycles. The molecule has 10 rings (SSSR count). The Morgan fingerprint density at radius 1 is 0.708 bits per heavy atom. The summed E-state index contributed by atoms with van der Waals surface area (Å²) < 4.78 is 4.51. The molecular weight excluding hydrogens is 589 g/mol. The summed E-state index contributed by atoms with van der Waals surface area (Å²) in [7, 11) is 0. The van der Waals surface area contributed by atoms with Gasteiger partial charge in [-0.25, -0.2) is 4.99 Å². The fraction of sp³-hybridized carbons (Fsp3) is 0.0476. The first-order valence-corrected chi connectivity index (χ1v) is 16.3. The van der Waals surface area contributed by atoms with Crippen molar-refractivity contribution in [2.75, 3.05) is 4.90 Å². The Morgan fingerprint density at radius 3 is 2.35 bits per heavy atom. The number of fused-ring (bicyclic) bond motifs is 7. The van der Waals surface area contributed by atoms with Crippen LogP contribution in [0.5, 0.6) is 0 Å². The Morgan fingerprint density at radius 2 is 1.52 bits per heavy atom. The van der Waals surface area contributed by atoms with Gasteiger partial charge in [-0.2, -0.15) is 0 Å². The molecule has 6 heteroatoms. The Kier molecular flexibility index (Phi) is 5.61. The van der Waals surface area contributed by atoms with Crippen molar-refractivity contribution in [2.45, 2.75) is 13.1 Å². The highest BCUT2D eigenvalue weighted by molar-refractivity contribution is 6.12. The van der Waals surface area contributed by atoms with Gasteiger partial charge in [0.1, 0.15) is 5.82 Å². The van der Waals surface area contributed by atoms with E-state index in [1.54, 1.807) is 6.20 Å². The monoisotopic (exact) mass is 618 g/mol.